The summed E-state index contributed by atoms with van der Waals surface area (Å²) in [4.78, 5) is 23.3. The van der Waals surface area contributed by atoms with E-state index in [1.165, 1.54) is 12.5 Å². The molecule has 6 rings (SSSR count). The molecule has 2 saturated carbocycles. The number of nitrogens with zero attached hydrogens (tertiary/aromatic N) is 5. The third kappa shape index (κ3) is 4.81. The van der Waals surface area contributed by atoms with Gasteiger partial charge in [-0.3, -0.25) is 4.79 Å². The zero-order chi connectivity index (χ0) is 26.1. The lowest BCUT2D eigenvalue weighted by atomic mass is 9.82. The Morgan fingerprint density at radius 2 is 1.71 bits per heavy atom. The fourth-order valence-electron chi connectivity index (χ4n) is 6.16. The minimum absolute atomic E-state index is 0.0600. The van der Waals surface area contributed by atoms with Gasteiger partial charge in [0.1, 0.15) is 11.9 Å². The molecule has 7 nitrogen and oxygen atoms in total. The maximum atomic E-state index is 14.6. The average molecular weight is 519 g/mol. The zero-order valence-corrected chi connectivity index (χ0v) is 21.3. The van der Waals surface area contributed by atoms with Crippen LogP contribution in [0, 0.1) is 17.6 Å². The number of fused-ring (bicyclic) bond motifs is 1. The molecule has 0 bridgehead atoms. The van der Waals surface area contributed by atoms with Crippen LogP contribution in [0.5, 0.6) is 0 Å². The number of aromatic nitrogens is 5. The van der Waals surface area contributed by atoms with Crippen molar-refractivity contribution in [3.63, 3.8) is 0 Å². The lowest BCUT2D eigenvalue weighted by Gasteiger charge is -2.33. The number of nitrogens with one attached hydrogen (secondary N) is 1. The van der Waals surface area contributed by atoms with Gasteiger partial charge in [-0.2, -0.15) is 5.10 Å². The van der Waals surface area contributed by atoms with Crippen molar-refractivity contribution in [2.24, 2.45) is 5.92 Å². The Balaban J connectivity index is 1.47. The monoisotopic (exact) mass is 518 g/mol. The molecule has 0 unspecified atom stereocenters. The van der Waals surface area contributed by atoms with Gasteiger partial charge in [-0.25, -0.2) is 23.4 Å². The van der Waals surface area contributed by atoms with E-state index in [9.17, 15) is 13.6 Å². The molecule has 3 heterocycles. The SMILES string of the molecule is O=C(NC1CCCCC1)[C@H](C1CCCCC1)n1c(-c2ccc(-n3cccn3)nc2)nc2cc(F)c(F)cc21. The molecule has 0 aliphatic heterocycles. The second-order valence-electron chi connectivity index (χ2n) is 10.6. The molecule has 1 atom stereocenters. The summed E-state index contributed by atoms with van der Waals surface area (Å²) in [5.41, 5.74) is 1.41. The number of pyridine rings is 1. The van der Waals surface area contributed by atoms with Gasteiger partial charge in [-0.1, -0.05) is 38.5 Å². The number of carbonyl (C=O) groups is 1. The number of hydrogen-bond acceptors (Lipinski definition) is 4. The van der Waals surface area contributed by atoms with Crippen LogP contribution < -0.4 is 5.32 Å². The summed E-state index contributed by atoms with van der Waals surface area (Å²) >= 11 is 0. The van der Waals surface area contributed by atoms with Crippen LogP contribution >= 0.6 is 0 Å². The molecule has 2 aliphatic carbocycles. The summed E-state index contributed by atoms with van der Waals surface area (Å²) in [7, 11) is 0. The van der Waals surface area contributed by atoms with E-state index in [1.807, 2.05) is 22.8 Å². The Morgan fingerprint density at radius 3 is 2.39 bits per heavy atom. The van der Waals surface area contributed by atoms with E-state index in [2.05, 4.69) is 15.4 Å². The van der Waals surface area contributed by atoms with E-state index in [0.29, 0.717) is 28.2 Å². The predicted octanol–water partition coefficient (Wildman–Crippen LogP) is 6.13. The van der Waals surface area contributed by atoms with Crippen LogP contribution in [-0.4, -0.2) is 36.3 Å². The number of halogens is 2. The maximum Gasteiger partial charge on any atom is 0.243 e. The molecule has 4 aromatic rings. The van der Waals surface area contributed by atoms with Gasteiger partial charge in [0.15, 0.2) is 17.5 Å². The Kier molecular flexibility index (Phi) is 6.91. The molecule has 0 spiro atoms. The van der Waals surface area contributed by atoms with E-state index in [1.54, 1.807) is 23.3 Å². The largest absolute Gasteiger partial charge is 0.352 e. The number of imidazole rings is 1. The Labute approximate surface area is 220 Å². The average Bonchev–Trinajstić information content (AvgIpc) is 3.60. The smallest absolute Gasteiger partial charge is 0.243 e. The van der Waals surface area contributed by atoms with Gasteiger partial charge in [-0.15, -0.1) is 0 Å². The van der Waals surface area contributed by atoms with Crippen molar-refractivity contribution in [1.29, 1.82) is 0 Å². The van der Waals surface area contributed by atoms with Crippen LogP contribution in [0.4, 0.5) is 8.78 Å². The highest BCUT2D eigenvalue weighted by molar-refractivity contribution is 5.87. The van der Waals surface area contributed by atoms with Crippen molar-refractivity contribution in [2.75, 3.05) is 0 Å². The molecule has 198 valence electrons. The fourth-order valence-corrected chi connectivity index (χ4v) is 6.16. The first-order valence-corrected chi connectivity index (χ1v) is 13.7. The van der Waals surface area contributed by atoms with Crippen molar-refractivity contribution < 1.29 is 13.6 Å². The highest BCUT2D eigenvalue weighted by Crippen LogP contribution is 2.39. The second-order valence-corrected chi connectivity index (χ2v) is 10.6. The molecular weight excluding hydrogens is 486 g/mol. The summed E-state index contributed by atoms with van der Waals surface area (Å²) in [6.07, 6.45) is 15.6. The minimum atomic E-state index is -0.957. The summed E-state index contributed by atoms with van der Waals surface area (Å²) in [5, 5.41) is 7.54. The normalized spacial score (nSPS) is 18.1. The highest BCUT2D eigenvalue weighted by Gasteiger charge is 2.35. The van der Waals surface area contributed by atoms with Gasteiger partial charge >= 0.3 is 0 Å². The van der Waals surface area contributed by atoms with Crippen LogP contribution in [0.15, 0.2) is 48.9 Å². The number of benzene rings is 1. The molecule has 1 N–H and O–H groups in total. The molecule has 1 amide bonds. The topological polar surface area (TPSA) is 77.6 Å². The molecule has 2 aliphatic rings. The third-order valence-corrected chi connectivity index (χ3v) is 8.07. The first-order valence-electron chi connectivity index (χ1n) is 13.7. The van der Waals surface area contributed by atoms with Gasteiger partial charge in [0, 0.05) is 42.3 Å². The van der Waals surface area contributed by atoms with Crippen LogP contribution in [0.25, 0.3) is 28.2 Å². The number of hydrogen-bond donors (Lipinski definition) is 1. The van der Waals surface area contributed by atoms with Crippen LogP contribution in [0.2, 0.25) is 0 Å². The minimum Gasteiger partial charge on any atom is -0.352 e. The van der Waals surface area contributed by atoms with E-state index < -0.39 is 17.7 Å². The molecule has 38 heavy (non-hydrogen) atoms. The van der Waals surface area contributed by atoms with E-state index in [4.69, 9.17) is 4.98 Å². The van der Waals surface area contributed by atoms with Gasteiger partial charge in [-0.05, 0) is 49.8 Å². The first kappa shape index (κ1) is 24.7. The maximum absolute atomic E-state index is 14.6. The van der Waals surface area contributed by atoms with Gasteiger partial charge < -0.3 is 9.88 Å². The molecule has 9 heteroatoms. The van der Waals surface area contributed by atoms with Crippen molar-refractivity contribution in [3.8, 4) is 17.2 Å². The van der Waals surface area contributed by atoms with Gasteiger partial charge in [0.2, 0.25) is 5.91 Å². The predicted molar refractivity (Wildman–Crippen MR) is 141 cm³/mol. The summed E-state index contributed by atoms with van der Waals surface area (Å²) in [6, 6.07) is 7.37. The second kappa shape index (κ2) is 10.6. The van der Waals surface area contributed by atoms with Crippen LogP contribution in [0.3, 0.4) is 0 Å². The van der Waals surface area contributed by atoms with Crippen molar-refractivity contribution >= 4 is 16.9 Å². The molecule has 3 aromatic heterocycles. The van der Waals surface area contributed by atoms with Gasteiger partial charge in [0.05, 0.1) is 11.0 Å². The van der Waals surface area contributed by atoms with Crippen molar-refractivity contribution in [2.45, 2.75) is 76.3 Å². The van der Waals surface area contributed by atoms with Crippen molar-refractivity contribution in [3.05, 3.63) is 60.6 Å². The highest BCUT2D eigenvalue weighted by atomic mass is 19.2. The summed E-state index contributed by atoms with van der Waals surface area (Å²) in [6.45, 7) is 0. The summed E-state index contributed by atoms with van der Waals surface area (Å²) in [5.74, 6) is -0.770. The standard InChI is InChI=1S/C29H32F2N6O/c30-22-16-24-25(17-23(22)31)37(28(35-24)20-12-13-26(32-18-20)36-15-7-14-33-36)27(19-8-3-1-4-9-19)29(38)34-21-10-5-2-6-11-21/h7,12-19,21,27H,1-6,8-11H2,(H,34,38)/t27-/m0/s1. The quantitative estimate of drug-likeness (QED) is 0.333. The van der Waals surface area contributed by atoms with E-state index in [0.717, 1.165) is 63.9 Å². The number of carbonyl (C=O) groups excluding carboxylic acids is 1. The van der Waals surface area contributed by atoms with Crippen LogP contribution in [0.1, 0.15) is 70.3 Å². The Morgan fingerprint density at radius 1 is 0.974 bits per heavy atom. The molecule has 2 fully saturated rings. The first-order chi connectivity index (χ1) is 18.6. The molecule has 0 radical (unpaired) electrons. The van der Waals surface area contributed by atoms with E-state index >= 15 is 0 Å². The summed E-state index contributed by atoms with van der Waals surface area (Å²) < 4.78 is 32.4. The fraction of sp³-hybridized carbons (Fsp3) is 0.448. The van der Waals surface area contributed by atoms with Crippen molar-refractivity contribution in [1.82, 2.24) is 29.6 Å². The number of amides is 1. The number of rotatable bonds is 6. The zero-order valence-electron chi connectivity index (χ0n) is 21.3. The van der Waals surface area contributed by atoms with Gasteiger partial charge in [0.25, 0.3) is 0 Å². The van der Waals surface area contributed by atoms with Crippen LogP contribution in [-0.2, 0) is 4.79 Å². The Bertz CT molecular complexity index is 1400. The molecule has 1 aromatic carbocycles. The lowest BCUT2D eigenvalue weighted by Crippen LogP contribution is -2.43. The Hall–Kier alpha value is -3.62. The van der Waals surface area contributed by atoms with E-state index in [-0.39, 0.29) is 17.9 Å². The molecular formula is C29H32F2N6O. The third-order valence-electron chi connectivity index (χ3n) is 8.07. The molecule has 0 saturated heterocycles. The lowest BCUT2D eigenvalue weighted by molar-refractivity contribution is -0.127.